The van der Waals surface area contributed by atoms with Crippen molar-refractivity contribution in [1.29, 1.82) is 0 Å². The highest BCUT2D eigenvalue weighted by molar-refractivity contribution is 7.89. The molecule has 0 saturated carbocycles. The molecular formula is C17H23N5O5S. The summed E-state index contributed by atoms with van der Waals surface area (Å²) in [6.45, 7) is 4.25. The summed E-state index contributed by atoms with van der Waals surface area (Å²) in [6.07, 6.45) is 3.57. The second-order valence-electron chi connectivity index (χ2n) is 6.79. The summed E-state index contributed by atoms with van der Waals surface area (Å²) < 4.78 is 32.2. The van der Waals surface area contributed by atoms with Crippen LogP contribution in [0.2, 0.25) is 0 Å². The molecule has 28 heavy (non-hydrogen) atoms. The van der Waals surface area contributed by atoms with E-state index in [-0.39, 0.29) is 16.3 Å². The van der Waals surface area contributed by atoms with E-state index < -0.39 is 21.0 Å². The molecule has 0 unspecified atom stereocenters. The lowest BCUT2D eigenvalue weighted by molar-refractivity contribution is -0.384. The molecule has 11 heteroatoms. The summed E-state index contributed by atoms with van der Waals surface area (Å²) in [7, 11) is -3.77. The molecule has 0 bridgehead atoms. The number of sulfonamides is 1. The van der Waals surface area contributed by atoms with Gasteiger partial charge in [0.1, 0.15) is 5.69 Å². The van der Waals surface area contributed by atoms with Crippen LogP contribution in [0.15, 0.2) is 27.6 Å². The molecule has 10 nitrogen and oxygen atoms in total. The minimum atomic E-state index is -3.77. The Morgan fingerprint density at radius 2 is 1.93 bits per heavy atom. The van der Waals surface area contributed by atoms with E-state index in [0.29, 0.717) is 24.8 Å². The number of nitrogens with zero attached hydrogens (tertiary/aromatic N) is 4. The largest absolute Gasteiger partial charge is 0.370 e. The van der Waals surface area contributed by atoms with Crippen molar-refractivity contribution in [2.75, 3.05) is 18.4 Å². The Bertz CT molecular complexity index is 951. The van der Waals surface area contributed by atoms with Crippen molar-refractivity contribution in [2.45, 2.75) is 50.5 Å². The molecule has 0 radical (unpaired) electrons. The summed E-state index contributed by atoms with van der Waals surface area (Å²) in [5.41, 5.74) is -0.127. The average molecular weight is 409 g/mol. The van der Waals surface area contributed by atoms with Crippen molar-refractivity contribution in [1.82, 2.24) is 14.4 Å². The van der Waals surface area contributed by atoms with Crippen LogP contribution in [0.3, 0.4) is 0 Å². The second kappa shape index (κ2) is 8.23. The van der Waals surface area contributed by atoms with Crippen LogP contribution in [0.1, 0.15) is 50.4 Å². The summed E-state index contributed by atoms with van der Waals surface area (Å²) in [4.78, 5) is 15.0. The fraction of sp³-hybridized carbons (Fsp3) is 0.529. The zero-order chi connectivity index (χ0) is 20.3. The van der Waals surface area contributed by atoms with E-state index in [9.17, 15) is 18.5 Å². The van der Waals surface area contributed by atoms with E-state index in [1.807, 2.05) is 0 Å². The van der Waals surface area contributed by atoms with E-state index >= 15 is 0 Å². The van der Waals surface area contributed by atoms with Gasteiger partial charge in [-0.1, -0.05) is 18.0 Å². The fourth-order valence-electron chi connectivity index (χ4n) is 3.16. The third kappa shape index (κ3) is 4.30. The normalized spacial score (nSPS) is 17.1. The number of aromatic nitrogens is 2. The van der Waals surface area contributed by atoms with Crippen LogP contribution in [0.5, 0.6) is 0 Å². The number of nitro groups is 1. The quantitative estimate of drug-likeness (QED) is 0.569. The molecule has 1 aliphatic rings. The van der Waals surface area contributed by atoms with Crippen LogP contribution in [0.4, 0.5) is 11.4 Å². The molecule has 1 aliphatic heterocycles. The average Bonchev–Trinajstić information content (AvgIpc) is 2.91. The van der Waals surface area contributed by atoms with E-state index in [4.69, 9.17) is 4.52 Å². The first-order valence-corrected chi connectivity index (χ1v) is 10.6. The molecule has 1 N–H and O–H groups in total. The molecule has 1 fully saturated rings. The van der Waals surface area contributed by atoms with Crippen LogP contribution in [-0.4, -0.2) is 40.9 Å². The standard InChI is InChI=1S/C17H23N5O5S/c1-12(17-19-13(2)27-20-17)18-15-8-7-14(11-16(15)22(23)24)28(25,26)21-9-5-3-4-6-10-21/h7-8,11-12,18H,3-6,9-10H2,1-2H3/t12-/m0/s1. The first-order valence-electron chi connectivity index (χ1n) is 9.14. The van der Waals surface area contributed by atoms with Gasteiger partial charge in [0, 0.05) is 26.1 Å². The lowest BCUT2D eigenvalue weighted by atomic mass is 10.2. The van der Waals surface area contributed by atoms with Crippen LogP contribution >= 0.6 is 0 Å². The summed E-state index contributed by atoms with van der Waals surface area (Å²) in [5.74, 6) is 0.741. The molecule has 0 aliphatic carbocycles. The van der Waals surface area contributed by atoms with Gasteiger partial charge in [0.25, 0.3) is 5.69 Å². The van der Waals surface area contributed by atoms with Gasteiger partial charge in [0.05, 0.1) is 15.9 Å². The third-order valence-corrected chi connectivity index (χ3v) is 6.57. The number of rotatable bonds is 6. The Morgan fingerprint density at radius 1 is 1.25 bits per heavy atom. The minimum Gasteiger partial charge on any atom is -0.370 e. The number of nitro benzene ring substituents is 1. The Balaban J connectivity index is 1.89. The van der Waals surface area contributed by atoms with Crippen LogP contribution in [0.25, 0.3) is 0 Å². The molecule has 2 heterocycles. The van der Waals surface area contributed by atoms with Gasteiger partial charge < -0.3 is 9.84 Å². The molecule has 1 saturated heterocycles. The molecule has 1 aromatic carbocycles. The Morgan fingerprint density at radius 3 is 2.50 bits per heavy atom. The summed E-state index contributed by atoms with van der Waals surface area (Å²) >= 11 is 0. The molecule has 1 atom stereocenters. The van der Waals surface area contributed by atoms with Gasteiger partial charge in [-0.25, -0.2) is 8.42 Å². The highest BCUT2D eigenvalue weighted by Crippen LogP contribution is 2.31. The lowest BCUT2D eigenvalue weighted by Crippen LogP contribution is -2.32. The Labute approximate surface area is 163 Å². The number of anilines is 1. The number of hydrogen-bond donors (Lipinski definition) is 1. The first-order chi connectivity index (χ1) is 13.3. The van der Waals surface area contributed by atoms with Gasteiger partial charge in [-0.3, -0.25) is 10.1 Å². The van der Waals surface area contributed by atoms with Crippen LogP contribution in [0, 0.1) is 17.0 Å². The highest BCUT2D eigenvalue weighted by atomic mass is 32.2. The molecule has 0 spiro atoms. The zero-order valence-electron chi connectivity index (χ0n) is 15.8. The molecule has 3 rings (SSSR count). The molecule has 0 amide bonds. The van der Waals surface area contributed by atoms with Crippen molar-refractivity contribution >= 4 is 21.4 Å². The third-order valence-electron chi connectivity index (χ3n) is 4.67. The SMILES string of the molecule is Cc1nc([C@H](C)Nc2ccc(S(=O)(=O)N3CCCCCC3)cc2[N+](=O)[O-])no1. The second-order valence-corrected chi connectivity index (χ2v) is 8.73. The van der Waals surface area contributed by atoms with E-state index in [1.165, 1.54) is 16.4 Å². The zero-order valence-corrected chi connectivity index (χ0v) is 16.6. The van der Waals surface area contributed by atoms with Gasteiger partial charge in [0.15, 0.2) is 5.82 Å². The van der Waals surface area contributed by atoms with E-state index in [1.54, 1.807) is 13.8 Å². The van der Waals surface area contributed by atoms with Gasteiger partial charge in [-0.05, 0) is 31.9 Å². The fourth-order valence-corrected chi connectivity index (χ4v) is 4.70. The monoisotopic (exact) mass is 409 g/mol. The maximum absolute atomic E-state index is 12.9. The Hall–Kier alpha value is -2.53. The maximum atomic E-state index is 12.9. The highest BCUT2D eigenvalue weighted by Gasteiger charge is 2.28. The van der Waals surface area contributed by atoms with Gasteiger partial charge >= 0.3 is 0 Å². The molecule has 2 aromatic rings. The van der Waals surface area contributed by atoms with Crippen molar-refractivity contribution < 1.29 is 17.9 Å². The lowest BCUT2D eigenvalue weighted by Gasteiger charge is -2.20. The van der Waals surface area contributed by atoms with Crippen LogP contribution < -0.4 is 5.32 Å². The smallest absolute Gasteiger partial charge is 0.293 e. The number of aryl methyl sites for hydroxylation is 1. The topological polar surface area (TPSA) is 131 Å². The van der Waals surface area contributed by atoms with E-state index in [0.717, 1.165) is 31.7 Å². The predicted molar refractivity (Wildman–Crippen MR) is 101 cm³/mol. The van der Waals surface area contributed by atoms with E-state index in [2.05, 4.69) is 15.5 Å². The predicted octanol–water partition coefficient (Wildman–Crippen LogP) is 3.02. The van der Waals surface area contributed by atoms with Gasteiger partial charge in [-0.15, -0.1) is 0 Å². The van der Waals surface area contributed by atoms with Crippen molar-refractivity contribution in [3.8, 4) is 0 Å². The van der Waals surface area contributed by atoms with Crippen molar-refractivity contribution in [3.63, 3.8) is 0 Å². The van der Waals surface area contributed by atoms with Gasteiger partial charge in [0.2, 0.25) is 15.9 Å². The van der Waals surface area contributed by atoms with Crippen LogP contribution in [-0.2, 0) is 10.0 Å². The molecule has 152 valence electrons. The van der Waals surface area contributed by atoms with Crippen molar-refractivity contribution in [3.05, 3.63) is 40.0 Å². The molecular weight excluding hydrogens is 386 g/mol. The van der Waals surface area contributed by atoms with Gasteiger partial charge in [-0.2, -0.15) is 9.29 Å². The van der Waals surface area contributed by atoms with Crippen molar-refractivity contribution in [2.24, 2.45) is 0 Å². The summed E-state index contributed by atoms with van der Waals surface area (Å²) in [6, 6.07) is 3.46. The number of hydrogen-bond acceptors (Lipinski definition) is 8. The maximum Gasteiger partial charge on any atom is 0.293 e. The number of nitrogens with one attached hydrogen (secondary N) is 1. The Kier molecular flexibility index (Phi) is 5.94. The first kappa shape index (κ1) is 20.2. The minimum absolute atomic E-state index is 0.0743. The summed E-state index contributed by atoms with van der Waals surface area (Å²) in [5, 5.41) is 18.3. The molecule has 1 aromatic heterocycles. The number of benzene rings is 1.